The van der Waals surface area contributed by atoms with Gasteiger partial charge in [0.25, 0.3) is 0 Å². The summed E-state index contributed by atoms with van der Waals surface area (Å²) in [6.45, 7) is 0. The van der Waals surface area contributed by atoms with Crippen molar-refractivity contribution in [2.45, 2.75) is 12.5 Å². The van der Waals surface area contributed by atoms with Crippen LogP contribution in [0.15, 0.2) is 60.8 Å². The van der Waals surface area contributed by atoms with Crippen LogP contribution in [0, 0.1) is 0 Å². The molecule has 2 amide bonds. The topological polar surface area (TPSA) is 76.0 Å². The number of hydrogen-bond acceptors (Lipinski definition) is 3. The van der Waals surface area contributed by atoms with Crippen LogP contribution in [0.5, 0.6) is 0 Å². The van der Waals surface area contributed by atoms with Gasteiger partial charge < -0.3 is 10.6 Å². The summed E-state index contributed by atoms with van der Waals surface area (Å²) >= 11 is 6.10. The van der Waals surface area contributed by atoms with Crippen LogP contribution < -0.4 is 10.6 Å². The zero-order chi connectivity index (χ0) is 18.1. The first-order valence-corrected chi connectivity index (χ1v) is 8.49. The molecule has 1 aliphatic heterocycles. The third-order valence-electron chi connectivity index (χ3n) is 4.25. The van der Waals surface area contributed by atoms with Gasteiger partial charge in [-0.25, -0.2) is 4.68 Å². The number of nitrogens with one attached hydrogen (secondary N) is 2. The van der Waals surface area contributed by atoms with Gasteiger partial charge >= 0.3 is 0 Å². The van der Waals surface area contributed by atoms with E-state index in [-0.39, 0.29) is 18.2 Å². The zero-order valence-corrected chi connectivity index (χ0v) is 14.4. The molecule has 0 fully saturated rings. The fraction of sp³-hybridized carbons (Fsp3) is 0.105. The smallest absolute Gasteiger partial charge is 0.249 e. The number of hydrogen-bond donors (Lipinski definition) is 2. The highest BCUT2D eigenvalue weighted by molar-refractivity contribution is 6.33. The van der Waals surface area contributed by atoms with E-state index >= 15 is 0 Å². The predicted octanol–water partition coefficient (Wildman–Crippen LogP) is 3.73. The lowest BCUT2D eigenvalue weighted by Crippen LogP contribution is -2.35. The van der Waals surface area contributed by atoms with Gasteiger partial charge in [-0.15, -0.1) is 0 Å². The summed E-state index contributed by atoms with van der Waals surface area (Å²) < 4.78 is 1.55. The van der Waals surface area contributed by atoms with Crippen LogP contribution in [0.2, 0.25) is 5.02 Å². The van der Waals surface area contributed by atoms with Crippen LogP contribution in [0.25, 0.3) is 11.1 Å². The number of benzene rings is 2. The van der Waals surface area contributed by atoms with Crippen molar-refractivity contribution in [3.8, 4) is 11.1 Å². The van der Waals surface area contributed by atoms with E-state index in [1.165, 1.54) is 0 Å². The van der Waals surface area contributed by atoms with Crippen LogP contribution in [-0.4, -0.2) is 21.6 Å². The third kappa shape index (κ3) is 2.95. The molecule has 1 aliphatic rings. The van der Waals surface area contributed by atoms with Crippen LogP contribution >= 0.6 is 11.6 Å². The second kappa shape index (κ2) is 6.65. The van der Waals surface area contributed by atoms with Gasteiger partial charge in [0.05, 0.1) is 23.3 Å². The average Bonchev–Trinajstić information content (AvgIpc) is 3.07. The van der Waals surface area contributed by atoms with Crippen molar-refractivity contribution in [2.24, 2.45) is 0 Å². The van der Waals surface area contributed by atoms with E-state index in [0.29, 0.717) is 16.5 Å². The molecule has 0 saturated heterocycles. The number of amides is 2. The minimum absolute atomic E-state index is 0.0131. The predicted molar refractivity (Wildman–Crippen MR) is 100 cm³/mol. The number of aromatic nitrogens is 2. The third-order valence-corrected chi connectivity index (χ3v) is 4.58. The fourth-order valence-electron chi connectivity index (χ4n) is 2.98. The van der Waals surface area contributed by atoms with Crippen LogP contribution in [-0.2, 0) is 9.59 Å². The minimum atomic E-state index is -0.743. The Hall–Kier alpha value is -3.12. The van der Waals surface area contributed by atoms with E-state index in [1.807, 2.05) is 30.3 Å². The van der Waals surface area contributed by atoms with E-state index in [4.69, 9.17) is 11.6 Å². The summed E-state index contributed by atoms with van der Waals surface area (Å²) in [5, 5.41) is 10.4. The van der Waals surface area contributed by atoms with Crippen molar-refractivity contribution >= 4 is 34.9 Å². The molecule has 4 rings (SSSR count). The molecule has 6 nitrogen and oxygen atoms in total. The molecule has 0 bridgehead atoms. The van der Waals surface area contributed by atoms with Gasteiger partial charge in [-0.3, -0.25) is 9.59 Å². The number of fused-ring (bicyclic) bond motifs is 1. The largest absolute Gasteiger partial charge is 0.323 e. The number of rotatable bonds is 3. The molecule has 0 aliphatic carbocycles. The maximum Gasteiger partial charge on any atom is 0.249 e. The number of carbonyl (C=O) groups excluding carboxylic acids is 2. The summed E-state index contributed by atoms with van der Waals surface area (Å²) in [5.41, 5.74) is 2.19. The molecule has 130 valence electrons. The number of halogens is 1. The molecule has 0 radical (unpaired) electrons. The first-order chi connectivity index (χ1) is 12.6. The fourth-order valence-corrected chi connectivity index (χ4v) is 3.16. The maximum atomic E-state index is 12.8. The summed E-state index contributed by atoms with van der Waals surface area (Å²) in [6, 6.07) is 15.8. The Morgan fingerprint density at radius 2 is 1.88 bits per heavy atom. The molecule has 0 unspecified atom stereocenters. The molecular formula is C19H15ClN4O2. The highest BCUT2D eigenvalue weighted by Gasteiger charge is 2.33. The van der Waals surface area contributed by atoms with Crippen molar-refractivity contribution in [1.29, 1.82) is 0 Å². The lowest BCUT2D eigenvalue weighted by atomic mass is 10.1. The highest BCUT2D eigenvalue weighted by atomic mass is 35.5. The first kappa shape index (κ1) is 16.4. The monoisotopic (exact) mass is 366 g/mol. The molecule has 1 aromatic heterocycles. The molecule has 3 aromatic rings. The Morgan fingerprint density at radius 1 is 1.15 bits per heavy atom. The van der Waals surface area contributed by atoms with Crippen LogP contribution in [0.4, 0.5) is 11.5 Å². The van der Waals surface area contributed by atoms with E-state index in [2.05, 4.69) is 15.7 Å². The molecule has 2 aromatic carbocycles. The SMILES string of the molecule is O=C1C[C@@H](C(=O)Nc2ccccc2Cl)n2ncc(-c3ccccc3)c2N1. The second-order valence-electron chi connectivity index (χ2n) is 5.95. The molecule has 0 saturated carbocycles. The maximum absolute atomic E-state index is 12.8. The van der Waals surface area contributed by atoms with Gasteiger partial charge in [0, 0.05) is 5.56 Å². The van der Waals surface area contributed by atoms with E-state index in [1.54, 1.807) is 35.1 Å². The molecule has 0 spiro atoms. The Labute approximate surface area is 154 Å². The lowest BCUT2D eigenvalue weighted by molar-refractivity contribution is -0.125. The Morgan fingerprint density at radius 3 is 2.65 bits per heavy atom. The Kier molecular flexibility index (Phi) is 4.18. The Balaban J connectivity index is 1.68. The van der Waals surface area contributed by atoms with Crippen molar-refractivity contribution in [2.75, 3.05) is 10.6 Å². The van der Waals surface area contributed by atoms with Crippen molar-refractivity contribution in [1.82, 2.24) is 9.78 Å². The number of carbonyl (C=O) groups is 2. The molecule has 1 atom stereocenters. The molecule has 7 heteroatoms. The molecule has 26 heavy (non-hydrogen) atoms. The van der Waals surface area contributed by atoms with Gasteiger partial charge in [0.1, 0.15) is 11.9 Å². The van der Waals surface area contributed by atoms with Gasteiger partial charge in [-0.05, 0) is 17.7 Å². The number of anilines is 2. The zero-order valence-electron chi connectivity index (χ0n) is 13.6. The van der Waals surface area contributed by atoms with E-state index in [9.17, 15) is 9.59 Å². The molecule has 2 heterocycles. The first-order valence-electron chi connectivity index (χ1n) is 8.11. The lowest BCUT2D eigenvalue weighted by Gasteiger charge is -2.24. The minimum Gasteiger partial charge on any atom is -0.323 e. The standard InChI is InChI=1S/C19H15ClN4O2/c20-14-8-4-5-9-15(14)22-19(26)16-10-17(25)23-18-13(11-21-24(16)18)12-6-2-1-3-7-12/h1-9,11,16H,10H2,(H,22,26)(H,23,25)/t16-/m0/s1. The molecular weight excluding hydrogens is 352 g/mol. The van der Waals surface area contributed by atoms with Crippen molar-refractivity contribution in [3.05, 3.63) is 65.8 Å². The van der Waals surface area contributed by atoms with Gasteiger partial charge in [-0.1, -0.05) is 54.1 Å². The quantitative estimate of drug-likeness (QED) is 0.741. The van der Waals surface area contributed by atoms with Crippen LogP contribution in [0.3, 0.4) is 0 Å². The number of nitrogens with zero attached hydrogens (tertiary/aromatic N) is 2. The summed E-state index contributed by atoms with van der Waals surface area (Å²) in [4.78, 5) is 24.9. The van der Waals surface area contributed by atoms with Crippen LogP contribution in [0.1, 0.15) is 12.5 Å². The van der Waals surface area contributed by atoms with Gasteiger partial charge in [0.15, 0.2) is 0 Å². The average molecular weight is 367 g/mol. The summed E-state index contributed by atoms with van der Waals surface area (Å²) in [6.07, 6.45) is 1.67. The van der Waals surface area contributed by atoms with Gasteiger partial charge in [-0.2, -0.15) is 5.10 Å². The number of para-hydroxylation sites is 1. The second-order valence-corrected chi connectivity index (χ2v) is 6.36. The Bertz CT molecular complexity index is 984. The van der Waals surface area contributed by atoms with Gasteiger partial charge in [0.2, 0.25) is 11.8 Å². The summed E-state index contributed by atoms with van der Waals surface area (Å²) in [7, 11) is 0. The molecule has 2 N–H and O–H groups in total. The normalized spacial score (nSPS) is 15.9. The summed E-state index contributed by atoms with van der Waals surface area (Å²) in [5.74, 6) is -0.0434. The van der Waals surface area contributed by atoms with Crippen molar-refractivity contribution in [3.63, 3.8) is 0 Å². The van der Waals surface area contributed by atoms with E-state index in [0.717, 1.165) is 11.1 Å². The van der Waals surface area contributed by atoms with Crippen molar-refractivity contribution < 1.29 is 9.59 Å². The van der Waals surface area contributed by atoms with E-state index < -0.39 is 6.04 Å². The highest BCUT2D eigenvalue weighted by Crippen LogP contribution is 2.34.